The van der Waals surface area contributed by atoms with Gasteiger partial charge in [-0.05, 0) is 56.3 Å². The third-order valence-electron chi connectivity index (χ3n) is 5.70. The summed E-state index contributed by atoms with van der Waals surface area (Å²) >= 11 is 0. The minimum atomic E-state index is -0.789. The monoisotopic (exact) mass is 385 g/mol. The number of carbonyl (C=O) groups excluding carboxylic acids is 3. The van der Waals surface area contributed by atoms with E-state index >= 15 is 0 Å². The fourth-order valence-corrected chi connectivity index (χ4v) is 4.29. The number of likely N-dealkylation sites (tertiary alicyclic amines) is 1. The highest BCUT2D eigenvalue weighted by molar-refractivity contribution is 6.22. The van der Waals surface area contributed by atoms with Crippen molar-refractivity contribution in [3.05, 3.63) is 35.4 Å². The maximum absolute atomic E-state index is 12.8. The second-order valence-electron chi connectivity index (χ2n) is 8.41. The van der Waals surface area contributed by atoms with Gasteiger partial charge in [0.25, 0.3) is 11.8 Å². The summed E-state index contributed by atoms with van der Waals surface area (Å²) in [6, 6.07) is 5.97. The lowest BCUT2D eigenvalue weighted by Crippen LogP contribution is -2.52. The molecule has 2 unspecified atom stereocenters. The molecule has 0 aromatic heterocycles. The Morgan fingerprint density at radius 1 is 1.18 bits per heavy atom. The van der Waals surface area contributed by atoms with E-state index in [-0.39, 0.29) is 23.6 Å². The van der Waals surface area contributed by atoms with Gasteiger partial charge in [-0.25, -0.2) is 0 Å². The highest BCUT2D eigenvalue weighted by Crippen LogP contribution is 2.27. The molecule has 1 N–H and O–H groups in total. The summed E-state index contributed by atoms with van der Waals surface area (Å²) in [5, 5.41) is 2.95. The first-order valence-electron chi connectivity index (χ1n) is 10.4. The molecule has 2 heterocycles. The highest BCUT2D eigenvalue weighted by Gasteiger charge is 2.43. The van der Waals surface area contributed by atoms with Crippen molar-refractivity contribution in [1.82, 2.24) is 15.1 Å². The molecule has 1 aromatic rings. The summed E-state index contributed by atoms with van der Waals surface area (Å²) in [7, 11) is 0. The number of hydrogen-bond acceptors (Lipinski definition) is 4. The van der Waals surface area contributed by atoms with Gasteiger partial charge in [-0.3, -0.25) is 19.3 Å². The van der Waals surface area contributed by atoms with Crippen molar-refractivity contribution in [2.24, 2.45) is 11.8 Å². The number of rotatable bonds is 7. The van der Waals surface area contributed by atoms with Crippen LogP contribution in [0.4, 0.5) is 0 Å². The third kappa shape index (κ3) is 4.27. The minimum absolute atomic E-state index is 0.162. The van der Waals surface area contributed by atoms with E-state index in [0.717, 1.165) is 36.9 Å². The number of imide groups is 1. The van der Waals surface area contributed by atoms with Gasteiger partial charge in [0, 0.05) is 13.1 Å². The maximum Gasteiger partial charge on any atom is 0.262 e. The van der Waals surface area contributed by atoms with E-state index in [4.69, 9.17) is 0 Å². The normalized spacial score (nSPS) is 21.1. The summed E-state index contributed by atoms with van der Waals surface area (Å²) < 4.78 is 0. The smallest absolute Gasteiger partial charge is 0.262 e. The molecule has 0 radical (unpaired) electrons. The topological polar surface area (TPSA) is 69.7 Å². The molecule has 2 atom stereocenters. The van der Waals surface area contributed by atoms with E-state index in [9.17, 15) is 14.4 Å². The van der Waals surface area contributed by atoms with E-state index in [1.165, 1.54) is 12.8 Å². The summed E-state index contributed by atoms with van der Waals surface area (Å²) in [5.74, 6) is -0.433. The SMILES string of the molecule is CC1CCCN(CCCNC(=O)C(C(C)C)N2C(=O)c3ccccc3C2=O)C1. The Hall–Kier alpha value is -2.21. The van der Waals surface area contributed by atoms with Gasteiger partial charge in [0.15, 0.2) is 0 Å². The number of benzene rings is 1. The van der Waals surface area contributed by atoms with Crippen LogP contribution in [0.2, 0.25) is 0 Å². The molecule has 2 aliphatic heterocycles. The van der Waals surface area contributed by atoms with Gasteiger partial charge in [0.2, 0.25) is 5.91 Å². The van der Waals surface area contributed by atoms with Crippen LogP contribution in [0.15, 0.2) is 24.3 Å². The summed E-state index contributed by atoms with van der Waals surface area (Å²) in [6.45, 7) is 9.77. The lowest BCUT2D eigenvalue weighted by molar-refractivity contribution is -0.126. The van der Waals surface area contributed by atoms with Crippen molar-refractivity contribution in [3.63, 3.8) is 0 Å². The maximum atomic E-state index is 12.8. The van der Waals surface area contributed by atoms with Crippen LogP contribution >= 0.6 is 0 Å². The molecular formula is C22H31N3O3. The second kappa shape index (κ2) is 8.86. The molecule has 3 amide bonds. The largest absolute Gasteiger partial charge is 0.354 e. The van der Waals surface area contributed by atoms with E-state index in [1.54, 1.807) is 24.3 Å². The average Bonchev–Trinajstić information content (AvgIpc) is 2.91. The van der Waals surface area contributed by atoms with Crippen molar-refractivity contribution in [1.29, 1.82) is 0 Å². The number of fused-ring (bicyclic) bond motifs is 1. The van der Waals surface area contributed by atoms with Crippen molar-refractivity contribution in [2.75, 3.05) is 26.2 Å². The predicted octanol–water partition coefficient (Wildman–Crippen LogP) is 2.55. The Bertz CT molecular complexity index is 711. The first-order valence-corrected chi connectivity index (χ1v) is 10.4. The Balaban J connectivity index is 1.58. The number of nitrogens with one attached hydrogen (secondary N) is 1. The molecule has 2 aliphatic rings. The molecule has 1 saturated heterocycles. The van der Waals surface area contributed by atoms with Crippen molar-refractivity contribution in [3.8, 4) is 0 Å². The van der Waals surface area contributed by atoms with Crippen LogP contribution in [0.1, 0.15) is 60.7 Å². The van der Waals surface area contributed by atoms with Crippen LogP contribution in [0, 0.1) is 11.8 Å². The molecule has 3 rings (SSSR count). The van der Waals surface area contributed by atoms with Gasteiger partial charge in [-0.15, -0.1) is 0 Å². The van der Waals surface area contributed by atoms with E-state index < -0.39 is 6.04 Å². The van der Waals surface area contributed by atoms with Gasteiger partial charge >= 0.3 is 0 Å². The Labute approximate surface area is 167 Å². The van der Waals surface area contributed by atoms with Gasteiger partial charge in [-0.2, -0.15) is 0 Å². The highest BCUT2D eigenvalue weighted by atomic mass is 16.2. The molecule has 0 bridgehead atoms. The van der Waals surface area contributed by atoms with Gasteiger partial charge in [-0.1, -0.05) is 32.9 Å². The zero-order valence-electron chi connectivity index (χ0n) is 17.1. The van der Waals surface area contributed by atoms with Crippen molar-refractivity contribution in [2.45, 2.75) is 46.1 Å². The number of piperidine rings is 1. The van der Waals surface area contributed by atoms with Crippen LogP contribution in [0.25, 0.3) is 0 Å². The summed E-state index contributed by atoms with van der Waals surface area (Å²) in [6.07, 6.45) is 3.40. The molecule has 6 nitrogen and oxygen atoms in total. The number of nitrogens with zero attached hydrogens (tertiary/aromatic N) is 2. The summed E-state index contributed by atoms with van der Waals surface area (Å²) in [5.41, 5.74) is 0.760. The molecule has 28 heavy (non-hydrogen) atoms. The number of hydrogen-bond donors (Lipinski definition) is 1. The Morgan fingerprint density at radius 3 is 2.39 bits per heavy atom. The molecule has 0 saturated carbocycles. The molecule has 152 valence electrons. The fourth-order valence-electron chi connectivity index (χ4n) is 4.29. The molecule has 0 spiro atoms. The average molecular weight is 386 g/mol. The van der Waals surface area contributed by atoms with Gasteiger partial charge in [0.1, 0.15) is 6.04 Å². The Morgan fingerprint density at radius 2 is 1.82 bits per heavy atom. The molecule has 0 aliphatic carbocycles. The van der Waals surface area contributed by atoms with Gasteiger partial charge < -0.3 is 10.2 Å². The molecule has 1 aromatic carbocycles. The fraction of sp³-hybridized carbons (Fsp3) is 0.591. The van der Waals surface area contributed by atoms with Crippen LogP contribution in [-0.2, 0) is 4.79 Å². The minimum Gasteiger partial charge on any atom is -0.354 e. The predicted molar refractivity (Wildman–Crippen MR) is 108 cm³/mol. The molecular weight excluding hydrogens is 354 g/mol. The zero-order valence-corrected chi connectivity index (χ0v) is 17.1. The van der Waals surface area contributed by atoms with Crippen molar-refractivity contribution < 1.29 is 14.4 Å². The van der Waals surface area contributed by atoms with Crippen LogP contribution in [-0.4, -0.2) is 59.7 Å². The van der Waals surface area contributed by atoms with Crippen LogP contribution < -0.4 is 5.32 Å². The summed E-state index contributed by atoms with van der Waals surface area (Å²) in [4.78, 5) is 41.9. The number of amides is 3. The van der Waals surface area contributed by atoms with E-state index in [1.807, 2.05) is 13.8 Å². The van der Waals surface area contributed by atoms with Gasteiger partial charge in [0.05, 0.1) is 11.1 Å². The van der Waals surface area contributed by atoms with Crippen molar-refractivity contribution >= 4 is 17.7 Å². The van der Waals surface area contributed by atoms with Crippen LogP contribution in [0.5, 0.6) is 0 Å². The quantitative estimate of drug-likeness (QED) is 0.578. The number of carbonyl (C=O) groups is 3. The lowest BCUT2D eigenvalue weighted by Gasteiger charge is -2.31. The second-order valence-corrected chi connectivity index (χ2v) is 8.41. The lowest BCUT2D eigenvalue weighted by atomic mass is 10.00. The Kier molecular flexibility index (Phi) is 6.50. The molecule has 6 heteroatoms. The van der Waals surface area contributed by atoms with Crippen LogP contribution in [0.3, 0.4) is 0 Å². The third-order valence-corrected chi connectivity index (χ3v) is 5.70. The standard InChI is InChI=1S/C22H31N3O3/c1-15(2)19(25-21(27)17-9-4-5-10-18(17)22(25)28)20(26)23-11-7-13-24-12-6-8-16(3)14-24/h4-5,9-10,15-16,19H,6-8,11-14H2,1-3H3,(H,23,26). The zero-order chi connectivity index (χ0) is 20.3. The first kappa shape index (κ1) is 20.5. The first-order chi connectivity index (χ1) is 13.4. The molecule has 1 fully saturated rings. The van der Waals surface area contributed by atoms with E-state index in [2.05, 4.69) is 17.1 Å². The van der Waals surface area contributed by atoms with E-state index in [0.29, 0.717) is 17.7 Å².